The zero-order valence-electron chi connectivity index (χ0n) is 25.0. The van der Waals surface area contributed by atoms with Crippen LogP contribution in [0.15, 0.2) is 155 Å². The van der Waals surface area contributed by atoms with Gasteiger partial charge in [0.25, 0.3) is 0 Å². The summed E-state index contributed by atoms with van der Waals surface area (Å²) in [5.74, 6) is 1.17. The Labute approximate surface area is 264 Å². The zero-order valence-corrected chi connectivity index (χ0v) is 25.0. The number of rotatable bonds is 4. The number of nitrogens with two attached hydrogens (primary N) is 1. The number of hydrogen-bond acceptors (Lipinski definition) is 1. The van der Waals surface area contributed by atoms with Gasteiger partial charge in [-0.05, 0) is 74.6 Å². The zero-order chi connectivity index (χ0) is 30.2. The number of allylic oxidation sites excluding steroid dienone is 3. The third-order valence-corrected chi connectivity index (χ3v) is 9.30. The Hall–Kier alpha value is -5.54. The highest BCUT2D eigenvalue weighted by Gasteiger charge is 2.48. The van der Waals surface area contributed by atoms with E-state index in [-0.39, 0.29) is 0 Å². The first kappa shape index (κ1) is 27.0. The molecular weight excluding hydrogens is 546 g/mol. The molecule has 0 atom stereocenters. The van der Waals surface area contributed by atoms with Crippen LogP contribution in [-0.4, -0.2) is 11.7 Å². The van der Waals surface area contributed by atoms with Crippen LogP contribution in [0.1, 0.15) is 57.3 Å². The lowest BCUT2D eigenvalue weighted by Gasteiger charge is -2.35. The highest BCUT2D eigenvalue weighted by atomic mass is 15.0. The lowest BCUT2D eigenvalue weighted by Crippen LogP contribution is -2.30. The Kier molecular flexibility index (Phi) is 6.72. The molecule has 8 rings (SSSR count). The SMILES string of the molecule is NC(=NC(=NCc1ccccc1)c1ccc2c(c1)C1(c3ccccc3C=Cc3ccccc31)c1ccccc1-2)C1=CC=CCC1. The van der Waals surface area contributed by atoms with Gasteiger partial charge in [0.2, 0.25) is 0 Å². The van der Waals surface area contributed by atoms with Crippen molar-refractivity contribution < 1.29 is 0 Å². The van der Waals surface area contributed by atoms with Crippen LogP contribution in [0.3, 0.4) is 0 Å². The fraction of sp³-hybridized carbons (Fsp3) is 0.0952. The number of hydrogen-bond donors (Lipinski definition) is 1. The number of amidine groups is 2. The molecule has 0 radical (unpaired) electrons. The molecule has 0 fully saturated rings. The molecule has 0 aliphatic heterocycles. The Morgan fingerprint density at radius 2 is 1.31 bits per heavy atom. The first-order valence-corrected chi connectivity index (χ1v) is 15.6. The third kappa shape index (κ3) is 4.51. The molecule has 216 valence electrons. The van der Waals surface area contributed by atoms with E-state index in [0.29, 0.717) is 18.2 Å². The summed E-state index contributed by atoms with van der Waals surface area (Å²) < 4.78 is 0. The minimum absolute atomic E-state index is 0.505. The van der Waals surface area contributed by atoms with Gasteiger partial charge in [0.1, 0.15) is 5.84 Å². The van der Waals surface area contributed by atoms with E-state index in [1.165, 1.54) is 44.5 Å². The minimum Gasteiger partial charge on any atom is -0.383 e. The van der Waals surface area contributed by atoms with E-state index in [4.69, 9.17) is 15.7 Å². The van der Waals surface area contributed by atoms with Gasteiger partial charge in [-0.1, -0.05) is 146 Å². The maximum absolute atomic E-state index is 6.68. The Morgan fingerprint density at radius 1 is 0.667 bits per heavy atom. The molecule has 0 aromatic heterocycles. The molecule has 0 amide bonds. The fourth-order valence-electron chi connectivity index (χ4n) is 7.23. The van der Waals surface area contributed by atoms with Crippen molar-refractivity contribution in [3.05, 3.63) is 190 Å². The van der Waals surface area contributed by atoms with Gasteiger partial charge in [0.15, 0.2) is 5.84 Å². The maximum Gasteiger partial charge on any atom is 0.157 e. The average Bonchev–Trinajstić information content (AvgIpc) is 3.30. The van der Waals surface area contributed by atoms with Crippen LogP contribution in [-0.2, 0) is 12.0 Å². The molecule has 3 heteroatoms. The molecule has 2 N–H and O–H groups in total. The monoisotopic (exact) mass is 579 g/mol. The second-order valence-corrected chi connectivity index (χ2v) is 11.8. The summed E-state index contributed by atoms with van der Waals surface area (Å²) in [6.07, 6.45) is 12.7. The molecule has 0 unspecified atom stereocenters. The molecule has 45 heavy (non-hydrogen) atoms. The summed E-state index contributed by atoms with van der Waals surface area (Å²) >= 11 is 0. The summed E-state index contributed by atoms with van der Waals surface area (Å²) in [6, 6.07) is 43.6. The normalized spacial score (nSPS) is 16.0. The van der Waals surface area contributed by atoms with Gasteiger partial charge in [-0.2, -0.15) is 0 Å². The predicted octanol–water partition coefficient (Wildman–Crippen LogP) is 9.11. The van der Waals surface area contributed by atoms with Crippen LogP contribution in [0.5, 0.6) is 0 Å². The van der Waals surface area contributed by atoms with E-state index < -0.39 is 5.41 Å². The molecule has 3 aliphatic carbocycles. The molecule has 5 aromatic carbocycles. The highest BCUT2D eigenvalue weighted by Crippen LogP contribution is 2.58. The minimum atomic E-state index is -0.505. The van der Waals surface area contributed by atoms with Gasteiger partial charge < -0.3 is 5.73 Å². The Bertz CT molecular complexity index is 2040. The van der Waals surface area contributed by atoms with E-state index in [1.54, 1.807) is 0 Å². The van der Waals surface area contributed by atoms with Crippen LogP contribution in [0, 0.1) is 0 Å². The van der Waals surface area contributed by atoms with E-state index >= 15 is 0 Å². The van der Waals surface area contributed by atoms with Crippen LogP contribution < -0.4 is 5.73 Å². The van der Waals surface area contributed by atoms with Gasteiger partial charge in [-0.3, -0.25) is 4.99 Å². The summed E-state index contributed by atoms with van der Waals surface area (Å²) in [4.78, 5) is 10.1. The summed E-state index contributed by atoms with van der Waals surface area (Å²) in [5, 5.41) is 0. The number of benzene rings is 5. The topological polar surface area (TPSA) is 50.7 Å². The van der Waals surface area contributed by atoms with Crippen molar-refractivity contribution in [3.63, 3.8) is 0 Å². The van der Waals surface area contributed by atoms with Gasteiger partial charge >= 0.3 is 0 Å². The third-order valence-electron chi connectivity index (χ3n) is 9.30. The van der Waals surface area contributed by atoms with E-state index in [1.807, 2.05) is 18.2 Å². The second kappa shape index (κ2) is 11.2. The van der Waals surface area contributed by atoms with Gasteiger partial charge in [-0.15, -0.1) is 0 Å². The Balaban J connectivity index is 1.38. The molecular formula is C42H33N3. The molecule has 0 saturated carbocycles. The second-order valence-electron chi connectivity index (χ2n) is 11.8. The van der Waals surface area contributed by atoms with Crippen molar-refractivity contribution >= 4 is 23.8 Å². The van der Waals surface area contributed by atoms with Crippen LogP contribution in [0.2, 0.25) is 0 Å². The van der Waals surface area contributed by atoms with Crippen molar-refractivity contribution in [1.29, 1.82) is 0 Å². The standard InChI is InChI=1S/C42H33N3/c43-40(32-17-5-2-6-18-32)45-41(44-28-29-13-3-1-4-14-29)33-25-26-35-34-19-9-12-22-38(34)42(39(35)27-33)36-20-10-7-15-30(36)23-24-31-16-8-11-21-37(31)42/h1-5,7-17,19-27H,6,18,28H2,(H2,43,44,45). The highest BCUT2D eigenvalue weighted by molar-refractivity contribution is 6.11. The Morgan fingerprint density at radius 3 is 2.02 bits per heavy atom. The number of fused-ring (bicyclic) bond motifs is 9. The average molecular weight is 580 g/mol. The van der Waals surface area contributed by atoms with E-state index in [0.717, 1.165) is 29.5 Å². The number of aliphatic imine (C=N–C) groups is 2. The van der Waals surface area contributed by atoms with Crippen molar-refractivity contribution in [2.75, 3.05) is 0 Å². The molecule has 0 bridgehead atoms. The molecule has 0 heterocycles. The van der Waals surface area contributed by atoms with E-state index in [9.17, 15) is 0 Å². The molecule has 5 aromatic rings. The van der Waals surface area contributed by atoms with Crippen LogP contribution in [0.25, 0.3) is 23.3 Å². The first-order valence-electron chi connectivity index (χ1n) is 15.6. The first-order chi connectivity index (χ1) is 22.2. The lowest BCUT2D eigenvalue weighted by atomic mass is 9.66. The van der Waals surface area contributed by atoms with Gasteiger partial charge in [0, 0.05) is 5.56 Å². The largest absolute Gasteiger partial charge is 0.383 e. The van der Waals surface area contributed by atoms with E-state index in [2.05, 4.69) is 134 Å². The molecule has 0 saturated heterocycles. The van der Waals surface area contributed by atoms with Crippen molar-refractivity contribution in [1.82, 2.24) is 0 Å². The van der Waals surface area contributed by atoms with Crippen molar-refractivity contribution in [3.8, 4) is 11.1 Å². The van der Waals surface area contributed by atoms with Crippen molar-refractivity contribution in [2.24, 2.45) is 15.7 Å². The molecule has 3 nitrogen and oxygen atoms in total. The molecule has 1 spiro atoms. The quantitative estimate of drug-likeness (QED) is 0.164. The van der Waals surface area contributed by atoms with Gasteiger partial charge in [0.05, 0.1) is 12.0 Å². The lowest BCUT2D eigenvalue weighted by molar-refractivity contribution is 0.766. The summed E-state index contributed by atoms with van der Waals surface area (Å²) in [5.41, 5.74) is 19.3. The van der Waals surface area contributed by atoms with Gasteiger partial charge in [-0.25, -0.2) is 4.99 Å². The predicted molar refractivity (Wildman–Crippen MR) is 187 cm³/mol. The number of nitrogens with zero attached hydrogens (tertiary/aromatic N) is 2. The summed E-state index contributed by atoms with van der Waals surface area (Å²) in [7, 11) is 0. The summed E-state index contributed by atoms with van der Waals surface area (Å²) in [6.45, 7) is 0.518. The van der Waals surface area contributed by atoms with Crippen LogP contribution >= 0.6 is 0 Å². The fourth-order valence-corrected chi connectivity index (χ4v) is 7.23. The molecule has 3 aliphatic rings. The van der Waals surface area contributed by atoms with Crippen molar-refractivity contribution in [2.45, 2.75) is 24.8 Å². The van der Waals surface area contributed by atoms with Crippen LogP contribution in [0.4, 0.5) is 0 Å². The smallest absolute Gasteiger partial charge is 0.157 e. The maximum atomic E-state index is 6.68.